The van der Waals surface area contributed by atoms with E-state index in [0.29, 0.717) is 61.7 Å². The van der Waals surface area contributed by atoms with Gasteiger partial charge in [-0.3, -0.25) is 14.2 Å². The van der Waals surface area contributed by atoms with Crippen molar-refractivity contribution < 1.29 is 27.8 Å². The summed E-state index contributed by atoms with van der Waals surface area (Å²) < 4.78 is 44.6. The Bertz CT molecular complexity index is 1730. The fourth-order valence-electron chi connectivity index (χ4n) is 6.98. The van der Waals surface area contributed by atoms with E-state index in [9.17, 15) is 18.4 Å². The summed E-state index contributed by atoms with van der Waals surface area (Å²) in [6.07, 6.45) is 10.1. The molecule has 14 heteroatoms. The molecule has 1 unspecified atom stereocenters. The van der Waals surface area contributed by atoms with Gasteiger partial charge in [0.1, 0.15) is 12.3 Å². The summed E-state index contributed by atoms with van der Waals surface area (Å²) in [5.74, 6) is 1.66. The number of aromatic nitrogens is 4. The number of aryl methyl sites for hydroxylation is 2. The Morgan fingerprint density at radius 1 is 1.12 bits per heavy atom. The van der Waals surface area contributed by atoms with Gasteiger partial charge in [-0.05, 0) is 82.1 Å². The van der Waals surface area contributed by atoms with Gasteiger partial charge in [0.25, 0.3) is 6.43 Å². The van der Waals surface area contributed by atoms with Gasteiger partial charge >= 0.3 is 6.09 Å². The van der Waals surface area contributed by atoms with Crippen LogP contribution in [0.1, 0.15) is 74.9 Å². The molecular formula is C36H51F2N7O4S. The first-order valence-corrected chi connectivity index (χ1v) is 20.4. The van der Waals surface area contributed by atoms with Crippen LogP contribution in [-0.2, 0) is 40.7 Å². The van der Waals surface area contributed by atoms with E-state index in [1.54, 1.807) is 40.0 Å². The third kappa shape index (κ3) is 7.96. The SMILES string of the molecule is Cn1cc(-c2cc3c(cc2C(F)F)N(c2nn(C4CCN(COCCS(C)(C)C)C(=O)C4)c4c2CN(C(=O)OC(C)(C)C)CC4)CCC3)cn1. The van der Waals surface area contributed by atoms with Crippen LogP contribution in [0.2, 0.25) is 0 Å². The first-order valence-electron chi connectivity index (χ1n) is 17.4. The molecule has 11 nitrogen and oxygen atoms in total. The lowest BCUT2D eigenvalue weighted by Crippen LogP contribution is -2.42. The second-order valence-corrected chi connectivity index (χ2v) is 20.1. The molecule has 1 saturated heterocycles. The van der Waals surface area contributed by atoms with Crippen LogP contribution in [0, 0.1) is 0 Å². The third-order valence-electron chi connectivity index (χ3n) is 9.52. The summed E-state index contributed by atoms with van der Waals surface area (Å²) in [4.78, 5) is 32.2. The van der Waals surface area contributed by atoms with Crippen molar-refractivity contribution in [1.82, 2.24) is 29.4 Å². The lowest BCUT2D eigenvalue weighted by Gasteiger charge is -2.34. The maximum absolute atomic E-state index is 14.7. The molecule has 0 N–H and O–H groups in total. The molecule has 0 radical (unpaired) electrons. The number of alkyl halides is 2. The number of nitrogens with zero attached hydrogens (tertiary/aromatic N) is 7. The highest BCUT2D eigenvalue weighted by Crippen LogP contribution is 2.44. The Hall–Kier alpha value is -3.65. The van der Waals surface area contributed by atoms with Gasteiger partial charge in [-0.25, -0.2) is 23.6 Å². The van der Waals surface area contributed by atoms with Crippen molar-refractivity contribution in [3.05, 3.63) is 46.9 Å². The molecule has 2 aromatic heterocycles. The number of fused-ring (bicyclic) bond motifs is 2. The largest absolute Gasteiger partial charge is 0.444 e. The highest BCUT2D eigenvalue weighted by atomic mass is 32.3. The van der Waals surface area contributed by atoms with Gasteiger partial charge in [-0.1, -0.05) is 0 Å². The second kappa shape index (κ2) is 14.2. The van der Waals surface area contributed by atoms with Crippen molar-refractivity contribution in [3.8, 4) is 11.1 Å². The van der Waals surface area contributed by atoms with E-state index in [-0.39, 0.29) is 37.2 Å². The Labute approximate surface area is 295 Å². The predicted octanol–water partition coefficient (Wildman–Crippen LogP) is 6.43. The zero-order valence-electron chi connectivity index (χ0n) is 30.4. The van der Waals surface area contributed by atoms with Gasteiger partial charge in [-0.2, -0.15) is 10.2 Å². The molecule has 5 heterocycles. The second-order valence-electron chi connectivity index (χ2n) is 15.5. The van der Waals surface area contributed by atoms with E-state index in [1.807, 2.05) is 36.4 Å². The van der Waals surface area contributed by atoms with Crippen LogP contribution >= 0.6 is 10.0 Å². The summed E-state index contributed by atoms with van der Waals surface area (Å²) in [5.41, 5.74) is 3.91. The Morgan fingerprint density at radius 3 is 2.56 bits per heavy atom. The highest BCUT2D eigenvalue weighted by Gasteiger charge is 2.37. The van der Waals surface area contributed by atoms with Crippen LogP contribution < -0.4 is 4.90 Å². The van der Waals surface area contributed by atoms with E-state index in [1.165, 1.54) is 0 Å². The van der Waals surface area contributed by atoms with Crippen molar-refractivity contribution in [1.29, 1.82) is 0 Å². The number of anilines is 2. The van der Waals surface area contributed by atoms with Crippen LogP contribution in [0.25, 0.3) is 11.1 Å². The lowest BCUT2D eigenvalue weighted by molar-refractivity contribution is -0.140. The van der Waals surface area contributed by atoms with Crippen molar-refractivity contribution >= 4 is 33.5 Å². The number of likely N-dealkylation sites (tertiary alicyclic amines) is 1. The van der Waals surface area contributed by atoms with Gasteiger partial charge in [-0.15, -0.1) is 0 Å². The smallest absolute Gasteiger partial charge is 0.410 e. The Morgan fingerprint density at radius 2 is 1.90 bits per heavy atom. The monoisotopic (exact) mass is 715 g/mol. The minimum Gasteiger partial charge on any atom is -0.444 e. The summed E-state index contributed by atoms with van der Waals surface area (Å²) >= 11 is 0. The molecule has 274 valence electrons. The molecule has 1 aromatic carbocycles. The molecule has 6 rings (SSSR count). The average Bonchev–Trinajstić information content (AvgIpc) is 3.64. The van der Waals surface area contributed by atoms with Crippen LogP contribution in [0.3, 0.4) is 0 Å². The molecule has 0 spiro atoms. The lowest BCUT2D eigenvalue weighted by atomic mass is 9.92. The first kappa shape index (κ1) is 36.2. The number of ether oxygens (including phenoxy) is 2. The normalized spacial score (nSPS) is 18.8. The number of hydrogen-bond acceptors (Lipinski definition) is 7. The van der Waals surface area contributed by atoms with Crippen molar-refractivity contribution in [2.45, 2.75) is 77.5 Å². The molecule has 0 bridgehead atoms. The number of carbonyl (C=O) groups excluding carboxylic acids is 2. The van der Waals surface area contributed by atoms with Gasteiger partial charge in [0.05, 0.1) is 25.4 Å². The van der Waals surface area contributed by atoms with Gasteiger partial charge < -0.3 is 24.2 Å². The first-order chi connectivity index (χ1) is 23.6. The number of hydrogen-bond donors (Lipinski definition) is 0. The number of carbonyl (C=O) groups is 2. The molecule has 1 fully saturated rings. The summed E-state index contributed by atoms with van der Waals surface area (Å²) in [6, 6.07) is 3.31. The number of rotatable bonds is 9. The van der Waals surface area contributed by atoms with Crippen LogP contribution in [0.15, 0.2) is 24.5 Å². The Kier molecular flexibility index (Phi) is 10.2. The summed E-state index contributed by atoms with van der Waals surface area (Å²) in [6.45, 7) is 8.31. The fraction of sp³-hybridized carbons (Fsp3) is 0.611. The van der Waals surface area contributed by atoms with Crippen LogP contribution in [0.4, 0.5) is 25.1 Å². The number of amides is 2. The van der Waals surface area contributed by atoms with Crippen molar-refractivity contribution in [2.24, 2.45) is 7.05 Å². The molecular weight excluding hydrogens is 665 g/mol. The molecule has 2 amide bonds. The fourth-order valence-corrected chi connectivity index (χ4v) is 7.60. The van der Waals surface area contributed by atoms with Gasteiger partial charge in [0.2, 0.25) is 5.91 Å². The standard InChI is InChI=1S/C36H51F2N7O4S/c1-36(2,3)49-35(47)42-14-11-30-29(22-42)34(40-45(30)26-10-13-43(32(46)18-26)23-48-15-16-50(5,6)7)44-12-8-9-24-17-27(25-20-39-41(4)21-25)28(33(37)38)19-31(24)44/h17,19-21,26,33H,8-16,18,22-23H2,1-7H3. The molecule has 0 saturated carbocycles. The Balaban J connectivity index is 1.33. The summed E-state index contributed by atoms with van der Waals surface area (Å²) in [5, 5.41) is 9.41. The highest BCUT2D eigenvalue weighted by molar-refractivity contribution is 8.32. The van der Waals surface area contributed by atoms with E-state index in [0.717, 1.165) is 35.4 Å². The van der Waals surface area contributed by atoms with E-state index < -0.39 is 28.1 Å². The van der Waals surface area contributed by atoms with Gasteiger partial charge in [0.15, 0.2) is 5.82 Å². The quantitative estimate of drug-likeness (QED) is 0.236. The van der Waals surface area contributed by atoms with E-state index >= 15 is 0 Å². The summed E-state index contributed by atoms with van der Waals surface area (Å²) in [7, 11) is 1.09. The third-order valence-corrected chi connectivity index (χ3v) is 10.9. The maximum atomic E-state index is 14.7. The molecule has 0 aliphatic carbocycles. The van der Waals surface area contributed by atoms with Crippen LogP contribution in [-0.4, -0.2) is 104 Å². The van der Waals surface area contributed by atoms with Crippen LogP contribution in [0.5, 0.6) is 0 Å². The number of piperidine rings is 1. The van der Waals surface area contributed by atoms with Crippen molar-refractivity contribution in [3.63, 3.8) is 0 Å². The zero-order valence-corrected chi connectivity index (χ0v) is 31.2. The van der Waals surface area contributed by atoms with E-state index in [4.69, 9.17) is 14.6 Å². The predicted molar refractivity (Wildman–Crippen MR) is 193 cm³/mol. The average molecular weight is 716 g/mol. The maximum Gasteiger partial charge on any atom is 0.410 e. The molecule has 3 aromatic rings. The number of halogens is 2. The van der Waals surface area contributed by atoms with E-state index in [2.05, 4.69) is 23.9 Å². The minimum absolute atomic E-state index is 0.0224. The molecule has 3 aliphatic heterocycles. The van der Waals surface area contributed by atoms with Crippen molar-refractivity contribution in [2.75, 3.05) is 62.4 Å². The molecule has 1 atom stereocenters. The minimum atomic E-state index is -2.69. The molecule has 50 heavy (non-hydrogen) atoms. The van der Waals surface area contributed by atoms with Gasteiger partial charge in [0, 0.05) is 79.5 Å². The number of benzene rings is 1. The topological polar surface area (TPSA) is 98.0 Å². The molecule has 3 aliphatic rings. The zero-order chi connectivity index (χ0) is 36.0.